The van der Waals surface area contributed by atoms with E-state index in [1.165, 1.54) is 13.0 Å². The van der Waals surface area contributed by atoms with Crippen LogP contribution in [0.2, 0.25) is 5.02 Å². The Bertz CT molecular complexity index is 838. The Balaban J connectivity index is 1.66. The normalized spacial score (nSPS) is 25.6. The lowest BCUT2D eigenvalue weighted by atomic mass is 9.88. The number of hydrogen-bond donors (Lipinski definition) is 3. The number of aliphatic hydroxyl groups is 1. The van der Waals surface area contributed by atoms with E-state index in [2.05, 4.69) is 10.6 Å². The SMILES string of the molecule is CC1CN(C(=O)C(CO)CC2(C)NC(=O)NC2=O)CCN1c1ccc(F)c(Cl)c1. The Morgan fingerprint density at radius 2 is 2.14 bits per heavy atom. The smallest absolute Gasteiger partial charge is 0.322 e. The number of nitrogens with zero attached hydrogens (tertiary/aromatic N) is 2. The van der Waals surface area contributed by atoms with E-state index in [0.29, 0.717) is 19.6 Å². The summed E-state index contributed by atoms with van der Waals surface area (Å²) in [6.07, 6.45) is 0.00206. The Morgan fingerprint density at radius 1 is 1.41 bits per heavy atom. The van der Waals surface area contributed by atoms with Gasteiger partial charge in [0.15, 0.2) is 0 Å². The van der Waals surface area contributed by atoms with Crippen molar-refractivity contribution in [1.29, 1.82) is 0 Å². The second-order valence-electron chi connectivity index (χ2n) is 7.75. The van der Waals surface area contributed by atoms with Gasteiger partial charge in [0.05, 0.1) is 17.5 Å². The summed E-state index contributed by atoms with van der Waals surface area (Å²) < 4.78 is 13.4. The van der Waals surface area contributed by atoms with Gasteiger partial charge in [-0.05, 0) is 38.5 Å². The van der Waals surface area contributed by atoms with Crippen LogP contribution in [0.25, 0.3) is 0 Å². The van der Waals surface area contributed by atoms with Gasteiger partial charge in [0.25, 0.3) is 5.91 Å². The average molecular weight is 427 g/mol. The quantitative estimate of drug-likeness (QED) is 0.612. The molecule has 1 aromatic rings. The number of halogens is 2. The Hall–Kier alpha value is -2.39. The molecule has 0 spiro atoms. The highest BCUT2D eigenvalue weighted by molar-refractivity contribution is 6.31. The number of urea groups is 1. The second-order valence-corrected chi connectivity index (χ2v) is 8.16. The summed E-state index contributed by atoms with van der Waals surface area (Å²) in [6.45, 7) is 4.36. The van der Waals surface area contributed by atoms with Crippen LogP contribution in [0.3, 0.4) is 0 Å². The molecule has 29 heavy (non-hydrogen) atoms. The van der Waals surface area contributed by atoms with E-state index in [0.717, 1.165) is 5.69 Å². The maximum atomic E-state index is 13.4. The summed E-state index contributed by atoms with van der Waals surface area (Å²) in [6, 6.07) is 3.85. The van der Waals surface area contributed by atoms with Crippen molar-refractivity contribution in [3.63, 3.8) is 0 Å². The molecule has 2 heterocycles. The van der Waals surface area contributed by atoms with Gasteiger partial charge in [0.1, 0.15) is 11.4 Å². The fourth-order valence-electron chi connectivity index (χ4n) is 3.91. The number of carbonyl (C=O) groups excluding carboxylic acids is 3. The molecule has 3 unspecified atom stereocenters. The van der Waals surface area contributed by atoms with Crippen molar-refractivity contribution < 1.29 is 23.9 Å². The summed E-state index contributed by atoms with van der Waals surface area (Å²) in [7, 11) is 0. The van der Waals surface area contributed by atoms with E-state index in [4.69, 9.17) is 11.6 Å². The lowest BCUT2D eigenvalue weighted by Gasteiger charge is -2.42. The molecule has 0 radical (unpaired) electrons. The van der Waals surface area contributed by atoms with Gasteiger partial charge in [-0.25, -0.2) is 9.18 Å². The van der Waals surface area contributed by atoms with Crippen molar-refractivity contribution in [1.82, 2.24) is 15.5 Å². The number of amides is 4. The zero-order chi connectivity index (χ0) is 21.3. The van der Waals surface area contributed by atoms with E-state index in [1.807, 2.05) is 11.8 Å². The number of nitrogens with one attached hydrogen (secondary N) is 2. The molecular formula is C19H24ClFN4O4. The molecule has 3 rings (SSSR count). The van der Waals surface area contributed by atoms with Crippen molar-refractivity contribution in [2.75, 3.05) is 31.1 Å². The summed E-state index contributed by atoms with van der Waals surface area (Å²) in [5, 5.41) is 14.5. The summed E-state index contributed by atoms with van der Waals surface area (Å²) >= 11 is 5.88. The van der Waals surface area contributed by atoms with E-state index in [9.17, 15) is 23.9 Å². The average Bonchev–Trinajstić information content (AvgIpc) is 2.93. The molecule has 0 saturated carbocycles. The van der Waals surface area contributed by atoms with Crippen molar-refractivity contribution in [2.24, 2.45) is 5.92 Å². The molecule has 3 atom stereocenters. The van der Waals surface area contributed by atoms with Gasteiger partial charge in [-0.1, -0.05) is 11.6 Å². The zero-order valence-electron chi connectivity index (χ0n) is 16.2. The highest BCUT2D eigenvalue weighted by Gasteiger charge is 2.45. The largest absolute Gasteiger partial charge is 0.396 e. The molecule has 158 valence electrons. The Kier molecular flexibility index (Phi) is 6.00. The summed E-state index contributed by atoms with van der Waals surface area (Å²) in [5.74, 6) is -2.09. The van der Waals surface area contributed by atoms with Gasteiger partial charge in [0.2, 0.25) is 5.91 Å². The van der Waals surface area contributed by atoms with Gasteiger partial charge >= 0.3 is 6.03 Å². The molecule has 0 aromatic heterocycles. The summed E-state index contributed by atoms with van der Waals surface area (Å²) in [5.41, 5.74) is -0.467. The van der Waals surface area contributed by atoms with E-state index < -0.39 is 35.8 Å². The number of anilines is 1. The minimum atomic E-state index is -1.24. The van der Waals surface area contributed by atoms with Crippen LogP contribution in [0.15, 0.2) is 18.2 Å². The van der Waals surface area contributed by atoms with Gasteiger partial charge in [0, 0.05) is 31.4 Å². The molecule has 2 aliphatic rings. The number of piperazine rings is 1. The second kappa shape index (κ2) is 8.16. The first-order chi connectivity index (χ1) is 13.6. The van der Waals surface area contributed by atoms with E-state index in [-0.39, 0.29) is 23.4 Å². The van der Waals surface area contributed by atoms with Crippen molar-refractivity contribution in [2.45, 2.75) is 31.8 Å². The van der Waals surface area contributed by atoms with Crippen LogP contribution in [0.1, 0.15) is 20.3 Å². The number of rotatable bonds is 5. The molecule has 2 fully saturated rings. The lowest BCUT2D eigenvalue weighted by molar-refractivity contribution is -0.139. The molecule has 8 nitrogen and oxygen atoms in total. The van der Waals surface area contributed by atoms with Crippen LogP contribution in [-0.2, 0) is 9.59 Å². The molecule has 10 heteroatoms. The number of benzene rings is 1. The Morgan fingerprint density at radius 3 is 2.69 bits per heavy atom. The maximum absolute atomic E-state index is 13.4. The number of hydrogen-bond acceptors (Lipinski definition) is 5. The fourth-order valence-corrected chi connectivity index (χ4v) is 4.08. The molecule has 3 N–H and O–H groups in total. The molecular weight excluding hydrogens is 403 g/mol. The van der Waals surface area contributed by atoms with E-state index >= 15 is 0 Å². The molecule has 4 amide bonds. The van der Waals surface area contributed by atoms with Crippen molar-refractivity contribution in [3.05, 3.63) is 29.0 Å². The first-order valence-corrected chi connectivity index (χ1v) is 9.77. The number of imide groups is 1. The topological polar surface area (TPSA) is 102 Å². The number of aliphatic hydroxyl groups excluding tert-OH is 1. The highest BCUT2D eigenvalue weighted by Crippen LogP contribution is 2.27. The molecule has 2 aliphatic heterocycles. The predicted molar refractivity (Wildman–Crippen MR) is 105 cm³/mol. The van der Waals surface area contributed by atoms with Crippen LogP contribution in [0.5, 0.6) is 0 Å². The lowest BCUT2D eigenvalue weighted by Crippen LogP contribution is -2.56. The highest BCUT2D eigenvalue weighted by atomic mass is 35.5. The van der Waals surface area contributed by atoms with Gasteiger partial charge in [-0.15, -0.1) is 0 Å². The maximum Gasteiger partial charge on any atom is 0.322 e. The van der Waals surface area contributed by atoms with Crippen LogP contribution >= 0.6 is 11.6 Å². The van der Waals surface area contributed by atoms with Crippen LogP contribution in [0, 0.1) is 11.7 Å². The zero-order valence-corrected chi connectivity index (χ0v) is 17.0. The molecule has 1 aromatic carbocycles. The van der Waals surface area contributed by atoms with Gasteiger partial charge in [-0.2, -0.15) is 0 Å². The van der Waals surface area contributed by atoms with Crippen molar-refractivity contribution >= 4 is 35.1 Å². The standard InChI is InChI=1S/C19H24ClFN4O4/c1-11-9-24(5-6-25(11)13-3-4-15(21)14(20)7-13)16(27)12(10-26)8-19(2)17(28)22-18(29)23-19/h3-4,7,11-12,26H,5-6,8-10H2,1-2H3,(H2,22,23,28,29). The van der Waals surface area contributed by atoms with E-state index in [1.54, 1.807) is 17.0 Å². The molecule has 2 saturated heterocycles. The third-order valence-corrected chi connectivity index (χ3v) is 5.81. The van der Waals surface area contributed by atoms with Gasteiger partial charge in [-0.3, -0.25) is 14.9 Å². The van der Waals surface area contributed by atoms with Crippen LogP contribution in [-0.4, -0.2) is 65.7 Å². The fraction of sp³-hybridized carbons (Fsp3) is 0.526. The minimum absolute atomic E-state index is 0.00206. The van der Waals surface area contributed by atoms with Crippen LogP contribution in [0.4, 0.5) is 14.9 Å². The first kappa shape index (κ1) is 21.3. The third-order valence-electron chi connectivity index (χ3n) is 5.52. The predicted octanol–water partition coefficient (Wildman–Crippen LogP) is 1.11. The van der Waals surface area contributed by atoms with Gasteiger partial charge < -0.3 is 20.2 Å². The third kappa shape index (κ3) is 4.30. The molecule has 0 bridgehead atoms. The van der Waals surface area contributed by atoms with Crippen molar-refractivity contribution in [3.8, 4) is 0 Å². The monoisotopic (exact) mass is 426 g/mol. The number of carbonyl (C=O) groups is 3. The van der Waals surface area contributed by atoms with Crippen LogP contribution < -0.4 is 15.5 Å². The first-order valence-electron chi connectivity index (χ1n) is 9.39. The Labute approximate surface area is 173 Å². The summed E-state index contributed by atoms with van der Waals surface area (Å²) in [4.78, 5) is 40.1. The molecule has 0 aliphatic carbocycles. The minimum Gasteiger partial charge on any atom is -0.396 e.